The van der Waals surface area contributed by atoms with Gasteiger partial charge in [-0.1, -0.05) is 13.3 Å². The summed E-state index contributed by atoms with van der Waals surface area (Å²) in [6.45, 7) is 5.47. The number of nitrogens with two attached hydrogens (primary N) is 1. The highest BCUT2D eigenvalue weighted by atomic mass is 32.2. The van der Waals surface area contributed by atoms with Gasteiger partial charge in [0.05, 0.1) is 0 Å². The zero-order valence-electron chi connectivity index (χ0n) is 9.42. The zero-order valence-corrected chi connectivity index (χ0v) is 10.2. The van der Waals surface area contributed by atoms with Gasteiger partial charge in [0, 0.05) is 24.4 Å². The minimum Gasteiger partial charge on any atom is -0.327 e. The Hall–Kier alpha value is 0.270. The molecule has 0 fully saturated rings. The van der Waals surface area contributed by atoms with E-state index in [1.807, 2.05) is 11.8 Å². The van der Waals surface area contributed by atoms with Gasteiger partial charge in [0.25, 0.3) is 0 Å². The Kier molecular flexibility index (Phi) is 7.81. The Bertz CT molecular complexity index is 119. The number of hydrogen-bond acceptors (Lipinski definition) is 3. The third kappa shape index (κ3) is 6.36. The van der Waals surface area contributed by atoms with Crippen LogP contribution in [0.4, 0.5) is 0 Å². The van der Waals surface area contributed by atoms with Crippen molar-refractivity contribution in [1.29, 1.82) is 0 Å². The van der Waals surface area contributed by atoms with Gasteiger partial charge < -0.3 is 10.6 Å². The van der Waals surface area contributed by atoms with E-state index in [9.17, 15) is 0 Å². The van der Waals surface area contributed by atoms with E-state index in [4.69, 9.17) is 5.73 Å². The Balaban J connectivity index is 3.64. The molecule has 0 bridgehead atoms. The number of thioether (sulfide) groups is 1. The Morgan fingerprint density at radius 1 is 1.46 bits per heavy atom. The van der Waals surface area contributed by atoms with Gasteiger partial charge in [-0.15, -0.1) is 0 Å². The highest BCUT2D eigenvalue weighted by Crippen LogP contribution is 2.05. The Morgan fingerprint density at radius 3 is 2.54 bits per heavy atom. The molecule has 0 saturated heterocycles. The van der Waals surface area contributed by atoms with Crippen molar-refractivity contribution in [2.24, 2.45) is 5.73 Å². The van der Waals surface area contributed by atoms with Crippen LogP contribution in [-0.4, -0.2) is 42.6 Å². The third-order valence-electron chi connectivity index (χ3n) is 2.34. The fourth-order valence-electron chi connectivity index (χ4n) is 1.38. The fraction of sp³-hybridized carbons (Fsp3) is 1.00. The van der Waals surface area contributed by atoms with Gasteiger partial charge in [-0.25, -0.2) is 0 Å². The van der Waals surface area contributed by atoms with Crippen LogP contribution in [0.1, 0.15) is 26.7 Å². The van der Waals surface area contributed by atoms with Crippen LogP contribution in [0.3, 0.4) is 0 Å². The maximum absolute atomic E-state index is 5.97. The number of rotatable bonds is 7. The van der Waals surface area contributed by atoms with Crippen LogP contribution < -0.4 is 5.73 Å². The lowest BCUT2D eigenvalue weighted by Crippen LogP contribution is -2.40. The average Bonchev–Trinajstić information content (AvgIpc) is 2.05. The summed E-state index contributed by atoms with van der Waals surface area (Å²) >= 11 is 1.90. The minimum absolute atomic E-state index is 0.347. The SMILES string of the molecule is CCCC(N)CN(C)C(C)CSC. The van der Waals surface area contributed by atoms with E-state index in [2.05, 4.69) is 32.1 Å². The van der Waals surface area contributed by atoms with Crippen molar-refractivity contribution in [3.63, 3.8) is 0 Å². The molecule has 0 aromatic heterocycles. The van der Waals surface area contributed by atoms with Gasteiger partial charge in [-0.3, -0.25) is 0 Å². The van der Waals surface area contributed by atoms with Crippen LogP contribution in [0.25, 0.3) is 0 Å². The van der Waals surface area contributed by atoms with E-state index in [0.717, 1.165) is 13.0 Å². The fourth-order valence-corrected chi connectivity index (χ4v) is 2.12. The smallest absolute Gasteiger partial charge is 0.0167 e. The average molecular weight is 204 g/mol. The first-order valence-electron chi connectivity index (χ1n) is 5.06. The lowest BCUT2D eigenvalue weighted by molar-refractivity contribution is 0.255. The first-order chi connectivity index (χ1) is 6.11. The van der Waals surface area contributed by atoms with E-state index < -0.39 is 0 Å². The molecule has 3 heteroatoms. The number of nitrogens with zero attached hydrogens (tertiary/aromatic N) is 1. The number of hydrogen-bond donors (Lipinski definition) is 1. The molecule has 80 valence electrons. The van der Waals surface area contributed by atoms with E-state index in [-0.39, 0.29) is 0 Å². The van der Waals surface area contributed by atoms with Crippen LogP contribution >= 0.6 is 11.8 Å². The second-order valence-corrected chi connectivity index (χ2v) is 4.70. The molecule has 0 saturated carbocycles. The van der Waals surface area contributed by atoms with Gasteiger partial charge in [-0.05, 0) is 26.6 Å². The number of likely N-dealkylation sites (N-methyl/N-ethyl adjacent to an activating group) is 1. The van der Waals surface area contributed by atoms with Crippen molar-refractivity contribution in [2.75, 3.05) is 25.6 Å². The summed E-state index contributed by atoms with van der Waals surface area (Å²) in [6.07, 6.45) is 4.47. The molecule has 0 rings (SSSR count). The second kappa shape index (κ2) is 7.65. The van der Waals surface area contributed by atoms with Crippen molar-refractivity contribution in [3.05, 3.63) is 0 Å². The first-order valence-corrected chi connectivity index (χ1v) is 6.45. The lowest BCUT2D eigenvalue weighted by Gasteiger charge is -2.26. The van der Waals surface area contributed by atoms with Crippen LogP contribution in [0.5, 0.6) is 0 Å². The molecule has 2 atom stereocenters. The molecule has 0 aromatic rings. The van der Waals surface area contributed by atoms with Crippen molar-refractivity contribution >= 4 is 11.8 Å². The topological polar surface area (TPSA) is 29.3 Å². The predicted octanol–water partition coefficient (Wildman–Crippen LogP) is 1.80. The van der Waals surface area contributed by atoms with Gasteiger partial charge in [0.15, 0.2) is 0 Å². The summed E-state index contributed by atoms with van der Waals surface area (Å²) in [5.41, 5.74) is 5.97. The summed E-state index contributed by atoms with van der Waals surface area (Å²) in [5, 5.41) is 0. The Morgan fingerprint density at radius 2 is 2.08 bits per heavy atom. The second-order valence-electron chi connectivity index (χ2n) is 3.79. The molecule has 2 nitrogen and oxygen atoms in total. The molecule has 0 aliphatic carbocycles. The molecule has 13 heavy (non-hydrogen) atoms. The molecule has 0 spiro atoms. The quantitative estimate of drug-likeness (QED) is 0.685. The van der Waals surface area contributed by atoms with E-state index in [1.165, 1.54) is 12.2 Å². The van der Waals surface area contributed by atoms with Crippen LogP contribution in [0.2, 0.25) is 0 Å². The first kappa shape index (κ1) is 13.3. The summed E-state index contributed by atoms with van der Waals surface area (Å²) in [4.78, 5) is 2.36. The molecule has 0 heterocycles. The summed E-state index contributed by atoms with van der Waals surface area (Å²) in [7, 11) is 2.16. The van der Waals surface area contributed by atoms with Crippen molar-refractivity contribution in [3.8, 4) is 0 Å². The Labute approximate surface area is 87.2 Å². The normalized spacial score (nSPS) is 16.2. The predicted molar refractivity (Wildman–Crippen MR) is 63.4 cm³/mol. The molecule has 0 aliphatic heterocycles. The van der Waals surface area contributed by atoms with Gasteiger partial charge in [0.1, 0.15) is 0 Å². The molecule has 0 amide bonds. The summed E-state index contributed by atoms with van der Waals surface area (Å²) in [5.74, 6) is 1.19. The lowest BCUT2D eigenvalue weighted by atomic mass is 10.1. The molecule has 0 aromatic carbocycles. The van der Waals surface area contributed by atoms with E-state index in [0.29, 0.717) is 12.1 Å². The molecule has 0 aliphatic rings. The van der Waals surface area contributed by atoms with Gasteiger partial charge >= 0.3 is 0 Å². The van der Waals surface area contributed by atoms with Crippen LogP contribution in [0.15, 0.2) is 0 Å². The maximum atomic E-state index is 5.97. The van der Waals surface area contributed by atoms with Crippen molar-refractivity contribution in [1.82, 2.24) is 4.90 Å². The summed E-state index contributed by atoms with van der Waals surface area (Å²) in [6, 6.07) is 0.984. The molecule has 2 unspecified atom stereocenters. The zero-order chi connectivity index (χ0) is 10.3. The molecule has 0 radical (unpaired) electrons. The van der Waals surface area contributed by atoms with Crippen molar-refractivity contribution in [2.45, 2.75) is 38.8 Å². The molecular weight excluding hydrogens is 180 g/mol. The minimum atomic E-state index is 0.347. The monoisotopic (exact) mass is 204 g/mol. The van der Waals surface area contributed by atoms with E-state index in [1.54, 1.807) is 0 Å². The summed E-state index contributed by atoms with van der Waals surface area (Å²) < 4.78 is 0. The van der Waals surface area contributed by atoms with Crippen LogP contribution in [0, 0.1) is 0 Å². The van der Waals surface area contributed by atoms with Crippen molar-refractivity contribution < 1.29 is 0 Å². The third-order valence-corrected chi connectivity index (χ3v) is 3.16. The highest BCUT2D eigenvalue weighted by Gasteiger charge is 2.11. The van der Waals surface area contributed by atoms with Gasteiger partial charge in [-0.2, -0.15) is 11.8 Å². The molecule has 2 N–H and O–H groups in total. The maximum Gasteiger partial charge on any atom is 0.0167 e. The molecular formula is C10H24N2S. The van der Waals surface area contributed by atoms with Crippen LogP contribution in [-0.2, 0) is 0 Å². The van der Waals surface area contributed by atoms with E-state index >= 15 is 0 Å². The van der Waals surface area contributed by atoms with Gasteiger partial charge in [0.2, 0.25) is 0 Å². The largest absolute Gasteiger partial charge is 0.327 e. The highest BCUT2D eigenvalue weighted by molar-refractivity contribution is 7.98. The standard InChI is InChI=1S/C10H24N2S/c1-5-6-10(11)7-12(3)9(2)8-13-4/h9-10H,5-8,11H2,1-4H3.